The minimum atomic E-state index is 0.347. The van der Waals surface area contributed by atoms with Gasteiger partial charge in [0.2, 0.25) is 0 Å². The maximum atomic E-state index is 4.98. The monoisotopic (exact) mass is 352 g/mol. The van der Waals surface area contributed by atoms with E-state index in [2.05, 4.69) is 74.7 Å². The van der Waals surface area contributed by atoms with Crippen molar-refractivity contribution in [3.05, 3.63) is 88.1 Å². The second-order valence-corrected chi connectivity index (χ2v) is 8.02. The predicted octanol–water partition coefficient (Wildman–Crippen LogP) is 5.37. The van der Waals surface area contributed by atoms with Crippen molar-refractivity contribution in [2.45, 2.75) is 39.2 Å². The fourth-order valence-electron chi connectivity index (χ4n) is 4.63. The molecule has 2 aliphatic heterocycles. The highest BCUT2D eigenvalue weighted by molar-refractivity contribution is 6.45. The molecule has 2 atom stereocenters. The first-order valence-corrected chi connectivity index (χ1v) is 9.86. The van der Waals surface area contributed by atoms with Crippen molar-refractivity contribution in [3.8, 4) is 0 Å². The van der Waals surface area contributed by atoms with Gasteiger partial charge in [-0.05, 0) is 54.5 Å². The van der Waals surface area contributed by atoms with Crippen molar-refractivity contribution >= 4 is 17.5 Å². The summed E-state index contributed by atoms with van der Waals surface area (Å²) in [4.78, 5) is 9.85. The van der Waals surface area contributed by atoms with Crippen molar-refractivity contribution in [1.29, 1.82) is 0 Å². The molecule has 134 valence electrons. The first-order valence-electron chi connectivity index (χ1n) is 9.86. The van der Waals surface area contributed by atoms with Gasteiger partial charge in [0.15, 0.2) is 0 Å². The van der Waals surface area contributed by atoms with Gasteiger partial charge in [-0.15, -0.1) is 0 Å². The topological polar surface area (TPSA) is 24.7 Å². The van der Waals surface area contributed by atoms with E-state index in [1.165, 1.54) is 44.8 Å². The Labute approximate surface area is 161 Å². The summed E-state index contributed by atoms with van der Waals surface area (Å²) in [5.41, 5.74) is 10.6. The average Bonchev–Trinajstić information content (AvgIpc) is 3.25. The van der Waals surface area contributed by atoms with Crippen molar-refractivity contribution in [3.63, 3.8) is 0 Å². The standard InChI is InChI=1S/C25H24N2/c1-16-6-5-7-18(10-16)12-24-25-22(11-17(2)27-24)23(15-26-25)21-13-19-8-3-4-9-20(19)14-21/h3-10,13,15,17,22H,11-12,14H2,1-2H3. The molecular formula is C25H24N2. The number of fused-ring (bicyclic) bond motifs is 2. The first-order chi connectivity index (χ1) is 13.2. The second kappa shape index (κ2) is 6.45. The summed E-state index contributed by atoms with van der Waals surface area (Å²) in [6.07, 6.45) is 7.44. The van der Waals surface area contributed by atoms with Gasteiger partial charge in [0.25, 0.3) is 0 Å². The molecular weight excluding hydrogens is 328 g/mol. The van der Waals surface area contributed by atoms with Gasteiger partial charge in [-0.25, -0.2) is 0 Å². The maximum Gasteiger partial charge on any atom is 0.0693 e. The molecule has 27 heavy (non-hydrogen) atoms. The zero-order valence-corrected chi connectivity index (χ0v) is 15.9. The lowest BCUT2D eigenvalue weighted by Crippen LogP contribution is -2.33. The number of benzene rings is 2. The molecule has 5 rings (SSSR count). The number of hydrogen-bond donors (Lipinski definition) is 0. The summed E-state index contributed by atoms with van der Waals surface area (Å²) < 4.78 is 0. The van der Waals surface area contributed by atoms with Crippen LogP contribution in [0, 0.1) is 12.8 Å². The van der Waals surface area contributed by atoms with Crippen LogP contribution in [0.1, 0.15) is 35.6 Å². The zero-order valence-electron chi connectivity index (χ0n) is 15.9. The molecule has 0 N–H and O–H groups in total. The highest BCUT2D eigenvalue weighted by Crippen LogP contribution is 2.39. The summed E-state index contributed by atoms with van der Waals surface area (Å²) in [6, 6.07) is 17.8. The molecule has 2 aromatic rings. The third kappa shape index (κ3) is 2.99. The van der Waals surface area contributed by atoms with Crippen LogP contribution in [-0.4, -0.2) is 17.5 Å². The molecule has 1 aliphatic carbocycles. The van der Waals surface area contributed by atoms with Crippen molar-refractivity contribution in [1.82, 2.24) is 0 Å². The number of nitrogens with zero attached hydrogens (tertiary/aromatic N) is 2. The molecule has 0 radical (unpaired) electrons. The molecule has 0 saturated heterocycles. The molecule has 2 heteroatoms. The quantitative estimate of drug-likeness (QED) is 0.710. The molecule has 0 fully saturated rings. The minimum absolute atomic E-state index is 0.347. The Morgan fingerprint density at radius 2 is 1.96 bits per heavy atom. The van der Waals surface area contributed by atoms with Gasteiger partial charge in [0.1, 0.15) is 0 Å². The van der Waals surface area contributed by atoms with E-state index in [9.17, 15) is 0 Å². The Hall–Kier alpha value is -2.74. The van der Waals surface area contributed by atoms with Gasteiger partial charge < -0.3 is 0 Å². The van der Waals surface area contributed by atoms with E-state index in [-0.39, 0.29) is 0 Å². The summed E-state index contributed by atoms with van der Waals surface area (Å²) in [6.45, 7) is 4.38. The lowest BCUT2D eigenvalue weighted by atomic mass is 9.81. The van der Waals surface area contributed by atoms with E-state index in [0.717, 1.165) is 19.3 Å². The summed E-state index contributed by atoms with van der Waals surface area (Å²) in [5.74, 6) is 0.401. The number of allylic oxidation sites excluding steroid dienone is 2. The summed E-state index contributed by atoms with van der Waals surface area (Å²) in [7, 11) is 0. The Bertz CT molecular complexity index is 1040. The number of aryl methyl sites for hydroxylation is 1. The van der Waals surface area contributed by atoms with Gasteiger partial charge in [0.05, 0.1) is 11.4 Å². The van der Waals surface area contributed by atoms with Crippen LogP contribution in [0.25, 0.3) is 6.08 Å². The fourth-order valence-corrected chi connectivity index (χ4v) is 4.63. The normalized spacial score (nSPS) is 23.2. The molecule has 0 aromatic heterocycles. The van der Waals surface area contributed by atoms with Gasteiger partial charge >= 0.3 is 0 Å². The number of rotatable bonds is 3. The van der Waals surface area contributed by atoms with E-state index in [4.69, 9.17) is 9.98 Å². The number of aliphatic imine (C=N–C) groups is 2. The van der Waals surface area contributed by atoms with Crippen LogP contribution in [0.15, 0.2) is 75.9 Å². The molecule has 2 aromatic carbocycles. The third-order valence-corrected chi connectivity index (χ3v) is 5.89. The van der Waals surface area contributed by atoms with Crippen LogP contribution >= 0.6 is 0 Å². The minimum Gasteiger partial charge on any atom is -0.284 e. The van der Waals surface area contributed by atoms with Crippen molar-refractivity contribution < 1.29 is 0 Å². The lowest BCUT2D eigenvalue weighted by molar-refractivity contribution is 0.599. The Morgan fingerprint density at radius 3 is 2.81 bits per heavy atom. The third-order valence-electron chi connectivity index (χ3n) is 5.89. The molecule has 0 saturated carbocycles. The van der Waals surface area contributed by atoms with Crippen LogP contribution < -0.4 is 0 Å². The van der Waals surface area contributed by atoms with Crippen LogP contribution in [0.5, 0.6) is 0 Å². The largest absolute Gasteiger partial charge is 0.284 e. The fraction of sp³-hybridized carbons (Fsp3) is 0.280. The van der Waals surface area contributed by atoms with Crippen LogP contribution in [0.3, 0.4) is 0 Å². The summed E-state index contributed by atoms with van der Waals surface area (Å²) in [5, 5.41) is 0. The van der Waals surface area contributed by atoms with E-state index in [0.29, 0.717) is 12.0 Å². The molecule has 0 bridgehead atoms. The molecule has 2 unspecified atom stereocenters. The molecule has 0 spiro atoms. The molecule has 3 aliphatic rings. The van der Waals surface area contributed by atoms with E-state index in [1.54, 1.807) is 0 Å². The Kier molecular flexibility index (Phi) is 3.93. The van der Waals surface area contributed by atoms with Crippen molar-refractivity contribution in [2.75, 3.05) is 0 Å². The van der Waals surface area contributed by atoms with E-state index >= 15 is 0 Å². The van der Waals surface area contributed by atoms with E-state index in [1.807, 2.05) is 0 Å². The van der Waals surface area contributed by atoms with Gasteiger partial charge in [-0.2, -0.15) is 0 Å². The first kappa shape index (κ1) is 16.4. The lowest BCUT2D eigenvalue weighted by Gasteiger charge is -2.27. The van der Waals surface area contributed by atoms with Crippen LogP contribution in [0.4, 0.5) is 0 Å². The SMILES string of the molecule is Cc1cccc(CC2=NC(C)CC3C(C4=Cc5ccccc5C4)=CN=C23)c1. The molecule has 0 amide bonds. The van der Waals surface area contributed by atoms with Gasteiger partial charge in [0, 0.05) is 24.6 Å². The second-order valence-electron chi connectivity index (χ2n) is 8.02. The molecule has 2 heterocycles. The van der Waals surface area contributed by atoms with E-state index < -0.39 is 0 Å². The predicted molar refractivity (Wildman–Crippen MR) is 114 cm³/mol. The van der Waals surface area contributed by atoms with Gasteiger partial charge in [-0.1, -0.05) is 60.2 Å². The smallest absolute Gasteiger partial charge is 0.0693 e. The van der Waals surface area contributed by atoms with Crippen LogP contribution in [0.2, 0.25) is 0 Å². The van der Waals surface area contributed by atoms with Crippen molar-refractivity contribution in [2.24, 2.45) is 15.9 Å². The number of hydrogen-bond acceptors (Lipinski definition) is 2. The average molecular weight is 352 g/mol. The highest BCUT2D eigenvalue weighted by atomic mass is 14.9. The Morgan fingerprint density at radius 1 is 1.07 bits per heavy atom. The zero-order chi connectivity index (χ0) is 18.4. The van der Waals surface area contributed by atoms with Gasteiger partial charge in [-0.3, -0.25) is 9.98 Å². The highest BCUT2D eigenvalue weighted by Gasteiger charge is 2.35. The maximum absolute atomic E-state index is 4.98. The van der Waals surface area contributed by atoms with Crippen LogP contribution in [-0.2, 0) is 12.8 Å². The molecule has 2 nitrogen and oxygen atoms in total. The Balaban J connectivity index is 1.41. The summed E-state index contributed by atoms with van der Waals surface area (Å²) >= 11 is 0.